The molecule has 0 N–H and O–H groups in total. The van der Waals surface area contributed by atoms with Crippen LogP contribution in [0.5, 0.6) is 0 Å². The summed E-state index contributed by atoms with van der Waals surface area (Å²) in [5.41, 5.74) is 0. The van der Waals surface area contributed by atoms with E-state index in [0.717, 1.165) is 57.8 Å². The highest BCUT2D eigenvalue weighted by Gasteiger charge is 2.19. The van der Waals surface area contributed by atoms with E-state index in [0.29, 0.717) is 19.3 Å². The molecule has 0 heterocycles. The third-order valence-electron chi connectivity index (χ3n) is 14.5. The van der Waals surface area contributed by atoms with E-state index in [2.05, 4.69) is 32.9 Å². The van der Waals surface area contributed by atoms with E-state index in [1.165, 1.54) is 263 Å². The fourth-order valence-electron chi connectivity index (χ4n) is 9.74. The minimum atomic E-state index is -0.763. The Bertz CT molecular complexity index is 1090. The molecule has 0 rings (SSSR count). The van der Waals surface area contributed by atoms with Crippen LogP contribution >= 0.6 is 0 Å². The molecule has 0 radical (unpaired) electrons. The van der Waals surface area contributed by atoms with Crippen LogP contribution < -0.4 is 0 Å². The van der Waals surface area contributed by atoms with Gasteiger partial charge < -0.3 is 14.2 Å². The van der Waals surface area contributed by atoms with Gasteiger partial charge in [0.1, 0.15) is 13.2 Å². The summed E-state index contributed by atoms with van der Waals surface area (Å²) in [6.45, 7) is 6.68. The summed E-state index contributed by atoms with van der Waals surface area (Å²) in [6.07, 6.45) is 69.6. The van der Waals surface area contributed by atoms with E-state index in [-0.39, 0.29) is 31.1 Å². The Morgan fingerprint density at radius 1 is 0.271 bits per heavy atom. The third kappa shape index (κ3) is 57.1. The summed E-state index contributed by atoms with van der Waals surface area (Å²) in [6, 6.07) is 0. The lowest BCUT2D eigenvalue weighted by atomic mass is 10.0. The Morgan fingerprint density at radius 2 is 0.471 bits per heavy atom. The number of carbonyl (C=O) groups excluding carboxylic acids is 3. The molecule has 1 unspecified atom stereocenters. The standard InChI is InChI=1S/C64H122O6/c1-4-7-10-13-16-19-21-23-25-27-28-29-30-31-32-33-34-35-36-38-39-41-43-45-48-51-54-57-63(66)69-60-61(59-68-62(65)56-53-50-47-18-15-12-9-6-3)70-64(67)58-55-52-49-46-44-42-40-37-26-24-22-20-17-14-11-8-5-2/h27-28,61H,4-26,29-60H2,1-3H3/b28-27-. The van der Waals surface area contributed by atoms with Gasteiger partial charge in [-0.15, -0.1) is 0 Å². The molecule has 0 bridgehead atoms. The molecule has 0 aromatic rings. The topological polar surface area (TPSA) is 78.9 Å². The van der Waals surface area contributed by atoms with Crippen LogP contribution in [0.2, 0.25) is 0 Å². The molecular formula is C64H122O6. The van der Waals surface area contributed by atoms with E-state index >= 15 is 0 Å². The summed E-state index contributed by atoms with van der Waals surface area (Å²) in [7, 11) is 0. The highest BCUT2D eigenvalue weighted by Crippen LogP contribution is 2.18. The molecule has 6 heteroatoms. The van der Waals surface area contributed by atoms with Crippen molar-refractivity contribution in [2.45, 2.75) is 367 Å². The Morgan fingerprint density at radius 3 is 0.714 bits per heavy atom. The molecule has 1 atom stereocenters. The fourth-order valence-corrected chi connectivity index (χ4v) is 9.74. The molecule has 0 saturated heterocycles. The van der Waals surface area contributed by atoms with Gasteiger partial charge in [0.05, 0.1) is 0 Å². The SMILES string of the molecule is CCCCCCCCCC/C=C\CCCCCCCCCCCCCCCCCC(=O)OCC(COC(=O)CCCCCCCCCC)OC(=O)CCCCCCCCCCCCCCCCCCC. The minimum Gasteiger partial charge on any atom is -0.462 e. The molecule has 0 aromatic heterocycles. The Labute approximate surface area is 437 Å². The van der Waals surface area contributed by atoms with Crippen molar-refractivity contribution >= 4 is 17.9 Å². The molecule has 0 fully saturated rings. The van der Waals surface area contributed by atoms with Crippen molar-refractivity contribution in [3.63, 3.8) is 0 Å². The van der Waals surface area contributed by atoms with Crippen molar-refractivity contribution in [3.8, 4) is 0 Å². The number of hydrogen-bond acceptors (Lipinski definition) is 6. The average Bonchev–Trinajstić information content (AvgIpc) is 3.36. The summed E-state index contributed by atoms with van der Waals surface area (Å²) in [5.74, 6) is -0.841. The zero-order chi connectivity index (χ0) is 50.7. The molecule has 6 nitrogen and oxygen atoms in total. The van der Waals surface area contributed by atoms with Crippen LogP contribution in [0.1, 0.15) is 361 Å². The first-order chi connectivity index (χ1) is 34.5. The Balaban J connectivity index is 4.07. The van der Waals surface area contributed by atoms with E-state index in [4.69, 9.17) is 14.2 Å². The summed E-state index contributed by atoms with van der Waals surface area (Å²) in [5, 5.41) is 0. The van der Waals surface area contributed by atoms with Crippen LogP contribution in [0.3, 0.4) is 0 Å². The lowest BCUT2D eigenvalue weighted by Gasteiger charge is -2.18. The number of esters is 3. The summed E-state index contributed by atoms with van der Waals surface area (Å²) in [4.78, 5) is 38.1. The van der Waals surface area contributed by atoms with Gasteiger partial charge in [-0.05, 0) is 44.9 Å². The maximum atomic E-state index is 12.8. The number of hydrogen-bond donors (Lipinski definition) is 0. The van der Waals surface area contributed by atoms with Crippen molar-refractivity contribution in [1.29, 1.82) is 0 Å². The smallest absolute Gasteiger partial charge is 0.306 e. The van der Waals surface area contributed by atoms with Crippen LogP contribution in [0.15, 0.2) is 12.2 Å². The maximum absolute atomic E-state index is 12.8. The number of allylic oxidation sites excluding steroid dienone is 2. The molecule has 0 aliphatic heterocycles. The van der Waals surface area contributed by atoms with E-state index in [1.807, 2.05) is 0 Å². The second-order valence-corrected chi connectivity index (χ2v) is 21.7. The van der Waals surface area contributed by atoms with Crippen molar-refractivity contribution in [1.82, 2.24) is 0 Å². The summed E-state index contributed by atoms with van der Waals surface area (Å²) < 4.78 is 16.9. The number of carbonyl (C=O) groups is 3. The summed E-state index contributed by atoms with van der Waals surface area (Å²) >= 11 is 0. The van der Waals surface area contributed by atoms with Gasteiger partial charge in [-0.3, -0.25) is 14.4 Å². The first-order valence-corrected chi connectivity index (χ1v) is 31.7. The van der Waals surface area contributed by atoms with Crippen molar-refractivity contribution in [2.75, 3.05) is 13.2 Å². The van der Waals surface area contributed by atoms with Crippen LogP contribution in [0.4, 0.5) is 0 Å². The molecule has 0 aliphatic rings. The van der Waals surface area contributed by atoms with Crippen molar-refractivity contribution in [3.05, 3.63) is 12.2 Å². The molecule has 0 aromatic carbocycles. The van der Waals surface area contributed by atoms with Gasteiger partial charge in [-0.2, -0.15) is 0 Å². The normalized spacial score (nSPS) is 12.0. The highest BCUT2D eigenvalue weighted by atomic mass is 16.6. The number of rotatable bonds is 59. The van der Waals surface area contributed by atoms with Crippen LogP contribution in [-0.2, 0) is 28.6 Å². The van der Waals surface area contributed by atoms with Crippen LogP contribution in [0, 0.1) is 0 Å². The first-order valence-electron chi connectivity index (χ1n) is 31.7. The molecule has 414 valence electrons. The molecule has 70 heavy (non-hydrogen) atoms. The lowest BCUT2D eigenvalue weighted by molar-refractivity contribution is -0.167. The predicted octanol–water partition coefficient (Wildman–Crippen LogP) is 21.3. The average molecular weight is 988 g/mol. The van der Waals surface area contributed by atoms with Gasteiger partial charge in [0.2, 0.25) is 0 Å². The molecule has 0 amide bonds. The maximum Gasteiger partial charge on any atom is 0.306 e. The van der Waals surface area contributed by atoms with E-state index < -0.39 is 6.10 Å². The number of unbranched alkanes of at least 4 members (excludes halogenated alkanes) is 46. The van der Waals surface area contributed by atoms with Crippen LogP contribution in [-0.4, -0.2) is 37.2 Å². The first kappa shape index (κ1) is 68.2. The van der Waals surface area contributed by atoms with Gasteiger partial charge in [-0.1, -0.05) is 309 Å². The largest absolute Gasteiger partial charge is 0.462 e. The van der Waals surface area contributed by atoms with Gasteiger partial charge in [0.15, 0.2) is 6.10 Å². The van der Waals surface area contributed by atoms with Gasteiger partial charge >= 0.3 is 17.9 Å². The monoisotopic (exact) mass is 987 g/mol. The second-order valence-electron chi connectivity index (χ2n) is 21.7. The third-order valence-corrected chi connectivity index (χ3v) is 14.5. The predicted molar refractivity (Wildman–Crippen MR) is 303 cm³/mol. The zero-order valence-corrected chi connectivity index (χ0v) is 47.6. The number of ether oxygens (including phenoxy) is 3. The van der Waals surface area contributed by atoms with E-state index in [1.54, 1.807) is 0 Å². The van der Waals surface area contributed by atoms with Crippen molar-refractivity contribution < 1.29 is 28.6 Å². The van der Waals surface area contributed by atoms with E-state index in [9.17, 15) is 14.4 Å². The Hall–Kier alpha value is -1.85. The van der Waals surface area contributed by atoms with Gasteiger partial charge in [0, 0.05) is 19.3 Å². The lowest BCUT2D eigenvalue weighted by Crippen LogP contribution is -2.30. The molecule has 0 aliphatic carbocycles. The molecule has 0 saturated carbocycles. The quantitative estimate of drug-likeness (QED) is 0.0261. The fraction of sp³-hybridized carbons (Fsp3) is 0.922. The molecule has 0 spiro atoms. The van der Waals surface area contributed by atoms with Gasteiger partial charge in [0.25, 0.3) is 0 Å². The second kappa shape index (κ2) is 59.7. The Kier molecular flexibility index (Phi) is 58.1. The highest BCUT2D eigenvalue weighted by molar-refractivity contribution is 5.71. The zero-order valence-electron chi connectivity index (χ0n) is 47.6. The van der Waals surface area contributed by atoms with Gasteiger partial charge in [-0.25, -0.2) is 0 Å². The van der Waals surface area contributed by atoms with Crippen LogP contribution in [0.25, 0.3) is 0 Å². The minimum absolute atomic E-state index is 0.0635. The van der Waals surface area contributed by atoms with Crippen molar-refractivity contribution in [2.24, 2.45) is 0 Å². The molecular weight excluding hydrogens is 865 g/mol.